The van der Waals surface area contributed by atoms with Crippen molar-refractivity contribution in [3.63, 3.8) is 0 Å². The highest BCUT2D eigenvalue weighted by atomic mass is 16.2. The molecule has 0 aromatic heterocycles. The number of carbonyl (C=O) groups excluding carboxylic acids is 3. The minimum Gasteiger partial charge on any atom is -0.397 e. The summed E-state index contributed by atoms with van der Waals surface area (Å²) in [6.45, 7) is 2.10. The zero-order valence-corrected chi connectivity index (χ0v) is 11.8. The standard InChI is InChI=1S/C14H18N4O3/c1-2-17-8-14(21)18(9-13(17)20)7-12(19)16-11-6-4-3-5-10(11)15/h3-6H,2,7-9,15H2,1H3,(H,16,19). The van der Waals surface area contributed by atoms with E-state index in [1.807, 2.05) is 6.92 Å². The van der Waals surface area contributed by atoms with Crippen LogP contribution < -0.4 is 11.1 Å². The molecule has 1 heterocycles. The van der Waals surface area contributed by atoms with Gasteiger partial charge in [0.2, 0.25) is 17.7 Å². The number of hydrogen-bond acceptors (Lipinski definition) is 4. The summed E-state index contributed by atoms with van der Waals surface area (Å²) in [6, 6.07) is 6.86. The molecular formula is C14H18N4O3. The minimum absolute atomic E-state index is 0.0239. The van der Waals surface area contributed by atoms with Gasteiger partial charge in [-0.05, 0) is 19.1 Å². The van der Waals surface area contributed by atoms with E-state index in [-0.39, 0.29) is 37.4 Å². The van der Waals surface area contributed by atoms with Gasteiger partial charge in [-0.15, -0.1) is 0 Å². The normalized spacial score (nSPS) is 15.3. The van der Waals surface area contributed by atoms with Gasteiger partial charge in [-0.25, -0.2) is 0 Å². The number of hydrogen-bond donors (Lipinski definition) is 2. The van der Waals surface area contributed by atoms with Crippen LogP contribution in [0.1, 0.15) is 6.92 Å². The Labute approximate surface area is 122 Å². The van der Waals surface area contributed by atoms with Crippen LogP contribution in [0.15, 0.2) is 24.3 Å². The van der Waals surface area contributed by atoms with Gasteiger partial charge in [0.05, 0.1) is 17.9 Å². The molecular weight excluding hydrogens is 272 g/mol. The zero-order chi connectivity index (χ0) is 15.4. The first-order valence-corrected chi connectivity index (χ1v) is 6.71. The van der Waals surface area contributed by atoms with E-state index in [4.69, 9.17) is 5.73 Å². The van der Waals surface area contributed by atoms with E-state index in [0.29, 0.717) is 17.9 Å². The topological polar surface area (TPSA) is 95.7 Å². The summed E-state index contributed by atoms with van der Waals surface area (Å²) in [6.07, 6.45) is 0. The van der Waals surface area contributed by atoms with Crippen LogP contribution in [0.25, 0.3) is 0 Å². The number of carbonyl (C=O) groups is 3. The summed E-state index contributed by atoms with van der Waals surface area (Å²) in [7, 11) is 0. The predicted octanol–water partition coefficient (Wildman–Crippen LogP) is -0.102. The maximum atomic E-state index is 12.0. The van der Waals surface area contributed by atoms with Crippen LogP contribution in [0.2, 0.25) is 0 Å². The van der Waals surface area contributed by atoms with Gasteiger partial charge >= 0.3 is 0 Å². The maximum absolute atomic E-state index is 12.0. The van der Waals surface area contributed by atoms with Crippen LogP contribution in [0.4, 0.5) is 11.4 Å². The lowest BCUT2D eigenvalue weighted by molar-refractivity contribution is -0.150. The molecule has 112 valence electrons. The number of nitrogens with one attached hydrogen (secondary N) is 1. The predicted molar refractivity (Wildman–Crippen MR) is 78.3 cm³/mol. The molecule has 1 aromatic rings. The Morgan fingerprint density at radius 1 is 1.19 bits per heavy atom. The third-order valence-electron chi connectivity index (χ3n) is 3.31. The Balaban J connectivity index is 1.95. The van der Waals surface area contributed by atoms with E-state index in [0.717, 1.165) is 0 Å². The molecule has 1 aliphatic rings. The van der Waals surface area contributed by atoms with Crippen molar-refractivity contribution in [2.24, 2.45) is 0 Å². The van der Waals surface area contributed by atoms with Gasteiger partial charge in [-0.2, -0.15) is 0 Å². The number of rotatable bonds is 4. The van der Waals surface area contributed by atoms with Crippen molar-refractivity contribution in [1.29, 1.82) is 0 Å². The highest BCUT2D eigenvalue weighted by Gasteiger charge is 2.29. The number of nitrogens with two attached hydrogens (primary N) is 1. The molecule has 2 rings (SSSR count). The SMILES string of the molecule is CCN1CC(=O)N(CC(=O)Nc2ccccc2N)CC1=O. The van der Waals surface area contributed by atoms with Crippen molar-refractivity contribution in [2.75, 3.05) is 37.2 Å². The molecule has 21 heavy (non-hydrogen) atoms. The number of anilines is 2. The average molecular weight is 290 g/mol. The second-order valence-electron chi connectivity index (χ2n) is 4.79. The zero-order valence-electron chi connectivity index (χ0n) is 11.8. The Morgan fingerprint density at radius 2 is 1.81 bits per heavy atom. The summed E-state index contributed by atoms with van der Waals surface area (Å²) in [4.78, 5) is 38.3. The quantitative estimate of drug-likeness (QED) is 0.757. The molecule has 0 saturated carbocycles. The molecule has 0 atom stereocenters. The van der Waals surface area contributed by atoms with Crippen molar-refractivity contribution in [2.45, 2.75) is 6.92 Å². The summed E-state index contributed by atoms with van der Waals surface area (Å²) in [5.74, 6) is -0.754. The summed E-state index contributed by atoms with van der Waals surface area (Å²) in [5, 5.41) is 2.64. The number of piperazine rings is 1. The molecule has 1 aliphatic heterocycles. The fourth-order valence-corrected chi connectivity index (χ4v) is 2.11. The van der Waals surface area contributed by atoms with Gasteiger partial charge in [0, 0.05) is 6.54 Å². The van der Waals surface area contributed by atoms with Crippen molar-refractivity contribution >= 4 is 29.1 Å². The number of likely N-dealkylation sites (N-methyl/N-ethyl adjacent to an activating group) is 1. The Bertz CT molecular complexity index is 573. The van der Waals surface area contributed by atoms with E-state index in [2.05, 4.69) is 5.32 Å². The molecule has 7 heteroatoms. The molecule has 0 unspecified atom stereocenters. The molecule has 3 amide bonds. The average Bonchev–Trinajstić information content (AvgIpc) is 2.45. The Hall–Kier alpha value is -2.57. The lowest BCUT2D eigenvalue weighted by atomic mass is 10.2. The van der Waals surface area contributed by atoms with Gasteiger partial charge in [-0.3, -0.25) is 14.4 Å². The number of para-hydroxylation sites is 2. The Morgan fingerprint density at radius 3 is 2.48 bits per heavy atom. The lowest BCUT2D eigenvalue weighted by Gasteiger charge is -2.32. The van der Waals surface area contributed by atoms with Gasteiger partial charge in [0.1, 0.15) is 13.1 Å². The van der Waals surface area contributed by atoms with Crippen molar-refractivity contribution in [3.05, 3.63) is 24.3 Å². The van der Waals surface area contributed by atoms with Crippen LogP contribution in [-0.4, -0.2) is 53.7 Å². The molecule has 1 fully saturated rings. The maximum Gasteiger partial charge on any atom is 0.244 e. The molecule has 0 radical (unpaired) electrons. The molecule has 0 aliphatic carbocycles. The Kier molecular flexibility index (Phi) is 4.42. The van der Waals surface area contributed by atoms with Crippen molar-refractivity contribution in [1.82, 2.24) is 9.80 Å². The van der Waals surface area contributed by atoms with Crippen LogP contribution in [-0.2, 0) is 14.4 Å². The summed E-state index contributed by atoms with van der Waals surface area (Å²) >= 11 is 0. The van der Waals surface area contributed by atoms with E-state index in [9.17, 15) is 14.4 Å². The fraction of sp³-hybridized carbons (Fsp3) is 0.357. The van der Waals surface area contributed by atoms with Gasteiger partial charge in [-0.1, -0.05) is 12.1 Å². The largest absolute Gasteiger partial charge is 0.397 e. The van der Waals surface area contributed by atoms with Crippen molar-refractivity contribution < 1.29 is 14.4 Å². The molecule has 3 N–H and O–H groups in total. The monoisotopic (exact) mass is 290 g/mol. The summed E-state index contributed by atoms with van der Waals surface area (Å²) in [5.41, 5.74) is 6.67. The number of amides is 3. The molecule has 0 bridgehead atoms. The van der Waals surface area contributed by atoms with Crippen LogP contribution >= 0.6 is 0 Å². The molecule has 1 aromatic carbocycles. The van der Waals surface area contributed by atoms with E-state index in [1.54, 1.807) is 24.3 Å². The first-order chi connectivity index (χ1) is 10.0. The van der Waals surface area contributed by atoms with Crippen molar-refractivity contribution in [3.8, 4) is 0 Å². The highest BCUT2D eigenvalue weighted by Crippen LogP contribution is 2.16. The van der Waals surface area contributed by atoms with E-state index < -0.39 is 0 Å². The summed E-state index contributed by atoms with van der Waals surface area (Å²) < 4.78 is 0. The van der Waals surface area contributed by atoms with Gasteiger partial charge in [0.25, 0.3) is 0 Å². The second kappa shape index (κ2) is 6.25. The van der Waals surface area contributed by atoms with Crippen LogP contribution in [0.3, 0.4) is 0 Å². The van der Waals surface area contributed by atoms with Gasteiger partial charge < -0.3 is 20.9 Å². The second-order valence-corrected chi connectivity index (χ2v) is 4.79. The molecule has 7 nitrogen and oxygen atoms in total. The third kappa shape index (κ3) is 3.50. The smallest absolute Gasteiger partial charge is 0.244 e. The van der Waals surface area contributed by atoms with E-state index in [1.165, 1.54) is 9.80 Å². The van der Waals surface area contributed by atoms with Crippen LogP contribution in [0, 0.1) is 0 Å². The van der Waals surface area contributed by atoms with E-state index >= 15 is 0 Å². The lowest BCUT2D eigenvalue weighted by Crippen LogP contribution is -2.55. The highest BCUT2D eigenvalue weighted by molar-refractivity contribution is 5.99. The first-order valence-electron chi connectivity index (χ1n) is 6.71. The number of nitrogens with zero attached hydrogens (tertiary/aromatic N) is 2. The number of benzene rings is 1. The fourth-order valence-electron chi connectivity index (χ4n) is 2.11. The first kappa shape index (κ1) is 14.8. The minimum atomic E-state index is -0.376. The number of nitrogen functional groups attached to an aromatic ring is 1. The van der Waals surface area contributed by atoms with Gasteiger partial charge in [0.15, 0.2) is 0 Å². The molecule has 1 saturated heterocycles. The van der Waals surface area contributed by atoms with Crippen LogP contribution in [0.5, 0.6) is 0 Å². The molecule has 0 spiro atoms. The third-order valence-corrected chi connectivity index (χ3v) is 3.31.